The number of hydrogen-bond donors (Lipinski definition) is 1. The number of phenols is 1. The molecular weight excluding hydrogens is 388 g/mol. The number of fused-ring (bicyclic) bond motifs is 6. The zero-order valence-corrected chi connectivity index (χ0v) is 17.0. The first kappa shape index (κ1) is 18.7. The SMILES string of the molecule is C=C(C)[C@@H]1Cc2c(cc(O)c3c2O[C@H]2COc4cc(OC)c(OC)cc4[C@H]2C3=O)O1. The normalized spacial score (nSPS) is 23.0. The second-order valence-electron chi connectivity index (χ2n) is 7.79. The molecule has 7 heteroatoms. The largest absolute Gasteiger partial charge is 0.507 e. The molecule has 0 saturated carbocycles. The van der Waals surface area contributed by atoms with Crippen LogP contribution in [0.3, 0.4) is 0 Å². The molecule has 1 N–H and O–H groups in total. The monoisotopic (exact) mass is 410 g/mol. The number of ether oxygens (including phenoxy) is 5. The van der Waals surface area contributed by atoms with E-state index in [-0.39, 0.29) is 29.8 Å². The summed E-state index contributed by atoms with van der Waals surface area (Å²) < 4.78 is 28.8. The molecule has 0 amide bonds. The first-order valence-electron chi connectivity index (χ1n) is 9.73. The van der Waals surface area contributed by atoms with E-state index in [1.165, 1.54) is 13.2 Å². The minimum absolute atomic E-state index is 0.150. The molecular formula is C23H22O7. The van der Waals surface area contributed by atoms with E-state index in [0.717, 1.165) is 11.1 Å². The molecule has 3 aliphatic rings. The van der Waals surface area contributed by atoms with Crippen LogP contribution in [0.5, 0.6) is 34.5 Å². The summed E-state index contributed by atoms with van der Waals surface area (Å²) in [7, 11) is 3.08. The van der Waals surface area contributed by atoms with Gasteiger partial charge >= 0.3 is 0 Å². The minimum Gasteiger partial charge on any atom is -0.507 e. The van der Waals surface area contributed by atoms with Crippen LogP contribution in [0, 0.1) is 0 Å². The first-order chi connectivity index (χ1) is 14.4. The highest BCUT2D eigenvalue weighted by Crippen LogP contribution is 2.52. The lowest BCUT2D eigenvalue weighted by atomic mass is 9.80. The van der Waals surface area contributed by atoms with Crippen molar-refractivity contribution in [1.29, 1.82) is 0 Å². The van der Waals surface area contributed by atoms with Crippen LogP contribution < -0.4 is 23.7 Å². The molecule has 5 rings (SSSR count). The number of benzene rings is 2. The van der Waals surface area contributed by atoms with Crippen molar-refractivity contribution in [2.24, 2.45) is 0 Å². The highest BCUT2D eigenvalue weighted by molar-refractivity contribution is 6.08. The number of carbonyl (C=O) groups excluding carboxylic acids is 1. The van der Waals surface area contributed by atoms with Gasteiger partial charge in [0.05, 0.1) is 20.1 Å². The van der Waals surface area contributed by atoms with Gasteiger partial charge in [0.25, 0.3) is 0 Å². The Labute approximate surface area is 173 Å². The minimum atomic E-state index is -0.621. The molecule has 0 saturated heterocycles. The van der Waals surface area contributed by atoms with Crippen molar-refractivity contribution < 1.29 is 33.6 Å². The van der Waals surface area contributed by atoms with Crippen molar-refractivity contribution in [1.82, 2.24) is 0 Å². The van der Waals surface area contributed by atoms with Gasteiger partial charge in [-0.1, -0.05) is 6.58 Å². The van der Waals surface area contributed by atoms with Gasteiger partial charge in [0.1, 0.15) is 47.4 Å². The van der Waals surface area contributed by atoms with Crippen molar-refractivity contribution in [3.8, 4) is 34.5 Å². The summed E-state index contributed by atoms with van der Waals surface area (Å²) in [5.41, 5.74) is 2.48. The van der Waals surface area contributed by atoms with E-state index in [4.69, 9.17) is 23.7 Å². The molecule has 0 aliphatic carbocycles. The van der Waals surface area contributed by atoms with Gasteiger partial charge in [-0.3, -0.25) is 4.79 Å². The number of methoxy groups -OCH3 is 2. The molecule has 0 aromatic heterocycles. The Morgan fingerprint density at radius 2 is 1.87 bits per heavy atom. The Morgan fingerprint density at radius 1 is 1.13 bits per heavy atom. The van der Waals surface area contributed by atoms with E-state index in [1.54, 1.807) is 19.2 Å². The summed E-state index contributed by atoms with van der Waals surface area (Å²) in [5.74, 6) is 1.48. The van der Waals surface area contributed by atoms with E-state index >= 15 is 0 Å². The van der Waals surface area contributed by atoms with Crippen molar-refractivity contribution >= 4 is 5.78 Å². The van der Waals surface area contributed by atoms with E-state index in [0.29, 0.717) is 40.7 Å². The highest BCUT2D eigenvalue weighted by atomic mass is 16.5. The third kappa shape index (κ3) is 2.54. The quantitative estimate of drug-likeness (QED) is 0.777. The summed E-state index contributed by atoms with van der Waals surface area (Å²) in [6.07, 6.45) is -0.187. The zero-order valence-electron chi connectivity index (χ0n) is 17.0. The summed E-state index contributed by atoms with van der Waals surface area (Å²) in [6, 6.07) is 4.94. The third-order valence-electron chi connectivity index (χ3n) is 5.95. The van der Waals surface area contributed by atoms with E-state index in [2.05, 4.69) is 6.58 Å². The van der Waals surface area contributed by atoms with Crippen LogP contribution in [-0.4, -0.2) is 43.9 Å². The predicted octanol–water partition coefficient (Wildman–Crippen LogP) is 3.41. The second kappa shape index (κ2) is 6.58. The van der Waals surface area contributed by atoms with Gasteiger partial charge < -0.3 is 28.8 Å². The molecule has 0 spiro atoms. The van der Waals surface area contributed by atoms with Gasteiger partial charge in [-0.25, -0.2) is 0 Å². The van der Waals surface area contributed by atoms with E-state index < -0.39 is 12.0 Å². The number of aromatic hydroxyl groups is 1. The Balaban J connectivity index is 1.62. The topological polar surface area (TPSA) is 83.5 Å². The van der Waals surface area contributed by atoms with Gasteiger partial charge in [-0.2, -0.15) is 0 Å². The number of Topliss-reactive ketones (excluding diaryl/α,β-unsaturated/α-hetero) is 1. The lowest BCUT2D eigenvalue weighted by Gasteiger charge is -2.37. The van der Waals surface area contributed by atoms with Gasteiger partial charge in [-0.15, -0.1) is 0 Å². The number of hydrogen-bond acceptors (Lipinski definition) is 7. The Kier molecular flexibility index (Phi) is 4.10. The van der Waals surface area contributed by atoms with Crippen molar-refractivity contribution in [3.63, 3.8) is 0 Å². The molecule has 0 fully saturated rings. The summed E-state index contributed by atoms with van der Waals surface area (Å²) >= 11 is 0. The molecule has 156 valence electrons. The molecule has 0 radical (unpaired) electrons. The number of rotatable bonds is 3. The van der Waals surface area contributed by atoms with Crippen molar-refractivity contribution in [2.75, 3.05) is 20.8 Å². The fourth-order valence-corrected chi connectivity index (χ4v) is 4.42. The lowest BCUT2D eigenvalue weighted by Crippen LogP contribution is -2.43. The van der Waals surface area contributed by atoms with Crippen LogP contribution in [0.4, 0.5) is 0 Å². The summed E-state index contributed by atoms with van der Waals surface area (Å²) in [4.78, 5) is 13.6. The van der Waals surface area contributed by atoms with Gasteiger partial charge in [0, 0.05) is 29.7 Å². The van der Waals surface area contributed by atoms with Crippen LogP contribution in [0.2, 0.25) is 0 Å². The molecule has 0 unspecified atom stereocenters. The molecule has 30 heavy (non-hydrogen) atoms. The molecule has 3 heterocycles. The van der Waals surface area contributed by atoms with E-state index in [1.807, 2.05) is 6.92 Å². The Morgan fingerprint density at radius 3 is 2.57 bits per heavy atom. The molecule has 0 bridgehead atoms. The van der Waals surface area contributed by atoms with Gasteiger partial charge in [-0.05, 0) is 18.6 Å². The van der Waals surface area contributed by atoms with Crippen LogP contribution in [0.1, 0.15) is 34.3 Å². The third-order valence-corrected chi connectivity index (χ3v) is 5.95. The zero-order chi connectivity index (χ0) is 21.2. The fourth-order valence-electron chi connectivity index (χ4n) is 4.42. The smallest absolute Gasteiger partial charge is 0.181 e. The fraction of sp³-hybridized carbons (Fsp3) is 0.348. The highest BCUT2D eigenvalue weighted by Gasteiger charge is 2.47. The average molecular weight is 410 g/mol. The standard InChI is InChI=1S/C23H22O7/c1-10(2)14-6-12-16(29-14)7-13(24)21-22(25)20-11-5-17(26-3)18(27-4)8-15(11)28-9-19(20)30-23(12)21/h5,7-8,14,19-20,24H,1,6,9H2,2-4H3/t14-,19-,20+/m0/s1. The van der Waals surface area contributed by atoms with E-state index in [9.17, 15) is 9.90 Å². The lowest BCUT2D eigenvalue weighted by molar-refractivity contribution is 0.0549. The van der Waals surface area contributed by atoms with Crippen LogP contribution in [0.15, 0.2) is 30.4 Å². The number of carbonyl (C=O) groups is 1. The Bertz CT molecular complexity index is 1090. The summed E-state index contributed by atoms with van der Waals surface area (Å²) in [5, 5.41) is 10.7. The van der Waals surface area contributed by atoms with Crippen LogP contribution in [-0.2, 0) is 6.42 Å². The summed E-state index contributed by atoms with van der Waals surface area (Å²) in [6.45, 7) is 6.04. The predicted molar refractivity (Wildman–Crippen MR) is 108 cm³/mol. The number of phenolic OH excluding ortho intramolecular Hbond substituents is 1. The molecule has 2 aromatic carbocycles. The molecule has 2 aromatic rings. The first-order valence-corrected chi connectivity index (χ1v) is 9.73. The van der Waals surface area contributed by atoms with Crippen molar-refractivity contribution in [3.05, 3.63) is 47.0 Å². The molecule has 3 atom stereocenters. The second-order valence-corrected chi connectivity index (χ2v) is 7.79. The van der Waals surface area contributed by atoms with Crippen LogP contribution >= 0.6 is 0 Å². The van der Waals surface area contributed by atoms with Crippen molar-refractivity contribution in [2.45, 2.75) is 31.5 Å². The maximum atomic E-state index is 13.6. The van der Waals surface area contributed by atoms with Gasteiger partial charge in [0.2, 0.25) is 0 Å². The maximum absolute atomic E-state index is 13.6. The molecule has 7 nitrogen and oxygen atoms in total. The van der Waals surface area contributed by atoms with Gasteiger partial charge in [0.15, 0.2) is 17.3 Å². The maximum Gasteiger partial charge on any atom is 0.181 e. The average Bonchev–Trinajstić information content (AvgIpc) is 3.16. The van der Waals surface area contributed by atoms with Crippen LogP contribution in [0.25, 0.3) is 0 Å². The molecule has 3 aliphatic heterocycles. The number of ketones is 1. The Hall–Kier alpha value is -3.35.